The minimum atomic E-state index is -0.297. The highest BCUT2D eigenvalue weighted by Gasteiger charge is 2.28. The molecule has 2 aromatic carbocycles. The monoisotopic (exact) mass is 817 g/mol. The van der Waals surface area contributed by atoms with Crippen molar-refractivity contribution < 1.29 is 28.7 Å². The Labute approximate surface area is 344 Å². The minimum absolute atomic E-state index is 0.0147. The number of rotatable bonds is 20. The van der Waals surface area contributed by atoms with E-state index in [1.165, 1.54) is 0 Å². The van der Waals surface area contributed by atoms with Crippen LogP contribution in [-0.4, -0.2) is 83.0 Å². The quantitative estimate of drug-likeness (QED) is 0.0437. The van der Waals surface area contributed by atoms with Crippen LogP contribution >= 0.6 is 21.6 Å². The lowest BCUT2D eigenvalue weighted by Gasteiger charge is -2.21. The lowest BCUT2D eigenvalue weighted by Crippen LogP contribution is -2.29. The summed E-state index contributed by atoms with van der Waals surface area (Å²) in [7, 11) is 8.59. The number of aryl methyl sites for hydroxylation is 2. The zero-order valence-electron chi connectivity index (χ0n) is 34.1. The van der Waals surface area contributed by atoms with Gasteiger partial charge in [0, 0.05) is 73.7 Å². The van der Waals surface area contributed by atoms with Crippen LogP contribution in [0.25, 0.3) is 0 Å². The molecular formula is C42H55N7O6S2. The zero-order chi connectivity index (χ0) is 42.0. The SMILES string of the molecule is C=CC1=C(/C=C\C)CC(C=Nc2cc(OCCCC=O)c(OC)cc2C)N1C=O.CNc1cn(C)c(C(=O)Nc2ccc(NC(=O)CCC(C)(C)SSC)cc2)n1. The molecule has 1 atom stereocenters. The molecule has 1 aliphatic heterocycles. The number of amides is 3. The van der Waals surface area contributed by atoms with Crippen LogP contribution in [0.15, 0.2) is 83.7 Å². The van der Waals surface area contributed by atoms with Crippen LogP contribution in [-0.2, 0) is 21.4 Å². The van der Waals surface area contributed by atoms with E-state index < -0.39 is 0 Å². The molecule has 57 heavy (non-hydrogen) atoms. The van der Waals surface area contributed by atoms with Crippen molar-refractivity contribution in [1.82, 2.24) is 14.5 Å². The van der Waals surface area contributed by atoms with E-state index in [1.54, 1.807) is 95.0 Å². The van der Waals surface area contributed by atoms with Crippen LogP contribution in [0.4, 0.5) is 22.9 Å². The molecule has 1 aromatic heterocycles. The van der Waals surface area contributed by atoms with Gasteiger partial charge in [0.1, 0.15) is 12.1 Å². The predicted molar refractivity (Wildman–Crippen MR) is 235 cm³/mol. The van der Waals surface area contributed by atoms with Crippen molar-refractivity contribution in [2.24, 2.45) is 12.0 Å². The van der Waals surface area contributed by atoms with E-state index in [0.29, 0.717) is 66.8 Å². The molecule has 1 unspecified atom stereocenters. The van der Waals surface area contributed by atoms with Gasteiger partial charge in [0.25, 0.3) is 5.91 Å². The highest BCUT2D eigenvalue weighted by molar-refractivity contribution is 8.76. The third kappa shape index (κ3) is 14.0. The van der Waals surface area contributed by atoms with Crippen LogP contribution in [0.5, 0.6) is 11.5 Å². The second kappa shape index (κ2) is 23.1. The second-order valence-electron chi connectivity index (χ2n) is 13.5. The van der Waals surface area contributed by atoms with Crippen molar-refractivity contribution in [1.29, 1.82) is 0 Å². The van der Waals surface area contributed by atoms with Gasteiger partial charge in [-0.1, -0.05) is 40.3 Å². The van der Waals surface area contributed by atoms with Crippen LogP contribution in [0.1, 0.15) is 69.1 Å². The van der Waals surface area contributed by atoms with E-state index >= 15 is 0 Å². The summed E-state index contributed by atoms with van der Waals surface area (Å²) in [5, 5.41) is 8.61. The topological polar surface area (TPSA) is 156 Å². The molecule has 0 aliphatic carbocycles. The fraction of sp³-hybridized carbons (Fsp3) is 0.381. The third-order valence-electron chi connectivity index (χ3n) is 8.69. The minimum Gasteiger partial charge on any atom is -0.493 e. The van der Waals surface area contributed by atoms with Gasteiger partial charge < -0.3 is 39.7 Å². The van der Waals surface area contributed by atoms with Crippen molar-refractivity contribution in [2.75, 3.05) is 43.0 Å². The van der Waals surface area contributed by atoms with Crippen molar-refractivity contribution in [3.63, 3.8) is 0 Å². The van der Waals surface area contributed by atoms with Crippen molar-refractivity contribution >= 4 is 75.2 Å². The number of carbonyl (C=O) groups is 4. The first kappa shape index (κ1) is 46.1. The van der Waals surface area contributed by atoms with Crippen LogP contribution in [0.2, 0.25) is 0 Å². The number of allylic oxidation sites excluding steroid dienone is 3. The molecule has 0 bridgehead atoms. The Bertz CT molecular complexity index is 1940. The van der Waals surface area contributed by atoms with Gasteiger partial charge in [-0.05, 0) is 94.3 Å². The molecule has 0 spiro atoms. The first-order valence-corrected chi connectivity index (χ1v) is 21.0. The number of carbonyl (C=O) groups excluding carboxylic acids is 4. The Morgan fingerprint density at radius 2 is 1.82 bits per heavy atom. The summed E-state index contributed by atoms with van der Waals surface area (Å²) in [4.78, 5) is 57.1. The predicted octanol–water partition coefficient (Wildman–Crippen LogP) is 8.53. The molecule has 15 heteroatoms. The van der Waals surface area contributed by atoms with Gasteiger partial charge in [-0.15, -0.1) is 0 Å². The maximum Gasteiger partial charge on any atom is 0.291 e. The molecule has 306 valence electrons. The molecule has 0 fully saturated rings. The fourth-order valence-corrected chi connectivity index (χ4v) is 7.97. The van der Waals surface area contributed by atoms with Gasteiger partial charge in [0.15, 0.2) is 11.5 Å². The van der Waals surface area contributed by atoms with Gasteiger partial charge >= 0.3 is 0 Å². The summed E-state index contributed by atoms with van der Waals surface area (Å²) in [6.45, 7) is 12.4. The molecule has 0 radical (unpaired) electrons. The van der Waals surface area contributed by atoms with E-state index in [2.05, 4.69) is 46.4 Å². The Hall–Kier alpha value is -5.28. The average molecular weight is 818 g/mol. The molecule has 0 saturated heterocycles. The summed E-state index contributed by atoms with van der Waals surface area (Å²) in [5.74, 6) is 1.83. The standard InChI is InChI=1S/C23H28N2O4.C19H27N5O2S2/c1-5-9-18-13-19(25(16-27)21(18)6-2)15-24-20-14-23(29-11-8-7-10-26)22(28-4)12-17(20)3;1-19(2,28-27-5)11-10-16(25)21-13-6-8-14(9-7-13)22-18(26)17-23-15(20-3)12-24(17)4/h5-6,9-10,12,14-16,19H,2,7-8,11,13H2,1,3-4H3;6-9,12,20H,10-11H2,1-5H3,(H,21,25)(H,22,26)/b9-5-,24-15?;. The lowest BCUT2D eigenvalue weighted by atomic mass is 10.1. The highest BCUT2D eigenvalue weighted by atomic mass is 33.1. The Morgan fingerprint density at radius 1 is 1.12 bits per heavy atom. The number of hydrogen-bond donors (Lipinski definition) is 3. The number of aldehydes is 1. The number of imidazole rings is 1. The van der Waals surface area contributed by atoms with Gasteiger partial charge in [-0.2, -0.15) is 0 Å². The van der Waals surface area contributed by atoms with Gasteiger partial charge in [0.2, 0.25) is 18.1 Å². The van der Waals surface area contributed by atoms with E-state index in [0.717, 1.165) is 41.6 Å². The van der Waals surface area contributed by atoms with E-state index in [-0.39, 0.29) is 22.6 Å². The van der Waals surface area contributed by atoms with Gasteiger partial charge in [-0.3, -0.25) is 19.4 Å². The largest absolute Gasteiger partial charge is 0.493 e. The summed E-state index contributed by atoms with van der Waals surface area (Å²) in [6.07, 6.45) is 15.9. The summed E-state index contributed by atoms with van der Waals surface area (Å²) in [6, 6.07) is 10.6. The van der Waals surface area contributed by atoms with Crippen LogP contribution in [0.3, 0.4) is 0 Å². The van der Waals surface area contributed by atoms with Gasteiger partial charge in [0.05, 0.1) is 25.4 Å². The first-order chi connectivity index (χ1) is 27.3. The number of anilines is 3. The maximum absolute atomic E-state index is 12.4. The number of nitrogens with one attached hydrogen (secondary N) is 3. The molecule has 13 nitrogen and oxygen atoms in total. The maximum atomic E-state index is 12.4. The third-order valence-corrected chi connectivity index (χ3v) is 11.4. The molecule has 1 aliphatic rings. The first-order valence-electron chi connectivity index (χ1n) is 18.5. The van der Waals surface area contributed by atoms with E-state index in [1.807, 2.05) is 44.4 Å². The Balaban J connectivity index is 0.000000306. The Morgan fingerprint density at radius 3 is 2.40 bits per heavy atom. The molecule has 3 amide bonds. The zero-order valence-corrected chi connectivity index (χ0v) is 35.7. The second-order valence-corrected chi connectivity index (χ2v) is 16.6. The number of unbranched alkanes of at least 4 members (excludes halogenated alkanes) is 1. The number of aliphatic imine (C=N–C) groups is 1. The molecular weight excluding hydrogens is 763 g/mol. The molecule has 0 saturated carbocycles. The summed E-state index contributed by atoms with van der Waals surface area (Å²) < 4.78 is 12.9. The highest BCUT2D eigenvalue weighted by Crippen LogP contribution is 2.37. The van der Waals surface area contributed by atoms with Crippen LogP contribution < -0.4 is 25.4 Å². The normalized spacial score (nSPS) is 14.0. The van der Waals surface area contributed by atoms with Crippen molar-refractivity contribution in [3.8, 4) is 11.5 Å². The number of nitrogens with zero attached hydrogens (tertiary/aromatic N) is 4. The lowest BCUT2D eigenvalue weighted by molar-refractivity contribution is -0.117. The van der Waals surface area contributed by atoms with Gasteiger partial charge in [-0.25, -0.2) is 4.98 Å². The van der Waals surface area contributed by atoms with Crippen molar-refractivity contribution in [3.05, 3.63) is 90.1 Å². The number of hydrogen-bond acceptors (Lipinski definition) is 11. The summed E-state index contributed by atoms with van der Waals surface area (Å²) >= 11 is 0. The van der Waals surface area contributed by atoms with E-state index in [9.17, 15) is 19.2 Å². The number of methoxy groups -OCH3 is 1. The average Bonchev–Trinajstić information content (AvgIpc) is 3.75. The smallest absolute Gasteiger partial charge is 0.291 e. The molecule has 3 aromatic rings. The number of aromatic nitrogens is 2. The molecule has 3 N–H and O–H groups in total. The number of ether oxygens (including phenoxy) is 2. The van der Waals surface area contributed by atoms with E-state index in [4.69, 9.17) is 9.47 Å². The Kier molecular flexibility index (Phi) is 18.7. The summed E-state index contributed by atoms with van der Waals surface area (Å²) in [5.41, 5.74) is 4.86. The molecule has 2 heterocycles. The fourth-order valence-electron chi connectivity index (χ4n) is 5.73. The molecule has 4 rings (SSSR count). The van der Waals surface area contributed by atoms with Crippen LogP contribution in [0, 0.1) is 6.92 Å². The number of benzene rings is 2. The van der Waals surface area contributed by atoms with Crippen molar-refractivity contribution in [2.45, 2.75) is 70.6 Å².